The fourth-order valence-corrected chi connectivity index (χ4v) is 2.60. The minimum absolute atomic E-state index is 0.240. The summed E-state index contributed by atoms with van der Waals surface area (Å²) in [7, 11) is 0. The van der Waals surface area contributed by atoms with Crippen molar-refractivity contribution in [1.29, 1.82) is 0 Å². The van der Waals surface area contributed by atoms with Crippen molar-refractivity contribution in [3.05, 3.63) is 36.0 Å². The smallest absolute Gasteiger partial charge is 0.243 e. The number of unbranched alkanes of at least 4 members (excludes halogenated alkanes) is 1. The van der Waals surface area contributed by atoms with E-state index in [1.165, 1.54) is 10.9 Å². The lowest BCUT2D eigenvalue weighted by atomic mass is 10.0. The molecule has 0 aliphatic heterocycles. The zero-order chi connectivity index (χ0) is 15.8. The number of para-hydroxylation sites is 1. The molecule has 118 valence electrons. The van der Waals surface area contributed by atoms with Crippen LogP contribution in [0.1, 0.15) is 44.1 Å². The number of nitrogens with one attached hydrogen (secondary N) is 2. The van der Waals surface area contributed by atoms with Gasteiger partial charge in [-0.25, -0.2) is 5.48 Å². The molecule has 0 atom stereocenters. The molecule has 0 fully saturated rings. The number of hydroxylamine groups is 1. The number of hydrogen-bond acceptors (Lipinski definition) is 3. The van der Waals surface area contributed by atoms with E-state index in [1.807, 2.05) is 24.4 Å². The quantitative estimate of drug-likeness (QED) is 0.378. The summed E-state index contributed by atoms with van der Waals surface area (Å²) in [6.07, 6.45) is 6.42. The Balaban J connectivity index is 1.66. The number of Topliss-reactive ketones (excluding diaryl/α,β-unsaturated/α-hetero) is 1. The van der Waals surface area contributed by atoms with E-state index in [2.05, 4.69) is 11.1 Å². The van der Waals surface area contributed by atoms with Crippen LogP contribution in [-0.4, -0.2) is 21.9 Å². The van der Waals surface area contributed by atoms with Gasteiger partial charge < -0.3 is 4.98 Å². The van der Waals surface area contributed by atoms with Crippen LogP contribution in [-0.2, 0) is 16.0 Å². The number of ketones is 1. The fourth-order valence-electron chi connectivity index (χ4n) is 2.60. The highest BCUT2D eigenvalue weighted by Crippen LogP contribution is 2.19. The van der Waals surface area contributed by atoms with E-state index in [0.717, 1.165) is 18.4 Å². The van der Waals surface area contributed by atoms with Crippen molar-refractivity contribution in [1.82, 2.24) is 10.5 Å². The summed E-state index contributed by atoms with van der Waals surface area (Å²) in [6, 6.07) is 8.16. The Morgan fingerprint density at radius 2 is 1.77 bits per heavy atom. The molecule has 1 heterocycles. The Bertz CT molecular complexity index is 634. The van der Waals surface area contributed by atoms with E-state index in [1.54, 1.807) is 5.48 Å². The maximum Gasteiger partial charge on any atom is 0.243 e. The summed E-state index contributed by atoms with van der Waals surface area (Å²) in [6.45, 7) is 0. The number of rotatable bonds is 9. The summed E-state index contributed by atoms with van der Waals surface area (Å²) in [5.74, 6) is -0.156. The molecular formula is C17H22N2O3. The zero-order valence-corrected chi connectivity index (χ0v) is 12.6. The molecule has 5 nitrogen and oxygen atoms in total. The SMILES string of the molecule is O=C(CCCCC(=O)NO)CCCc1c[nH]c2ccccc12. The van der Waals surface area contributed by atoms with Crippen LogP contribution in [0.3, 0.4) is 0 Å². The van der Waals surface area contributed by atoms with E-state index < -0.39 is 5.91 Å². The normalized spacial score (nSPS) is 10.8. The van der Waals surface area contributed by atoms with Gasteiger partial charge in [0, 0.05) is 36.4 Å². The third-order valence-corrected chi connectivity index (χ3v) is 3.81. The molecule has 0 saturated carbocycles. The average molecular weight is 302 g/mol. The van der Waals surface area contributed by atoms with Gasteiger partial charge in [0.05, 0.1) is 0 Å². The lowest BCUT2D eigenvalue weighted by molar-refractivity contribution is -0.129. The van der Waals surface area contributed by atoms with Crippen molar-refractivity contribution >= 4 is 22.6 Å². The number of carbonyl (C=O) groups is 2. The molecule has 22 heavy (non-hydrogen) atoms. The molecule has 0 bridgehead atoms. The molecule has 0 radical (unpaired) electrons. The highest BCUT2D eigenvalue weighted by molar-refractivity contribution is 5.83. The number of H-pyrrole nitrogens is 1. The molecule has 0 unspecified atom stereocenters. The van der Waals surface area contributed by atoms with Crippen LogP contribution in [0.25, 0.3) is 10.9 Å². The summed E-state index contributed by atoms with van der Waals surface area (Å²) in [5, 5.41) is 9.58. The molecule has 1 aromatic heterocycles. The summed E-state index contributed by atoms with van der Waals surface area (Å²) < 4.78 is 0. The first-order valence-corrected chi connectivity index (χ1v) is 7.70. The molecule has 1 aromatic carbocycles. The van der Waals surface area contributed by atoms with Gasteiger partial charge in [-0.05, 0) is 37.3 Å². The summed E-state index contributed by atoms with van der Waals surface area (Å²) in [4.78, 5) is 25.9. The highest BCUT2D eigenvalue weighted by atomic mass is 16.5. The number of carbonyl (C=O) groups excluding carboxylic acids is 2. The van der Waals surface area contributed by atoms with Crippen LogP contribution >= 0.6 is 0 Å². The maximum atomic E-state index is 11.8. The van der Waals surface area contributed by atoms with Gasteiger partial charge >= 0.3 is 0 Å². The third kappa shape index (κ3) is 4.70. The predicted molar refractivity (Wildman–Crippen MR) is 84.6 cm³/mol. The molecule has 0 saturated heterocycles. The Hall–Kier alpha value is -2.14. The van der Waals surface area contributed by atoms with Crippen molar-refractivity contribution in [2.24, 2.45) is 0 Å². The Kier molecular flexibility index (Phi) is 6.15. The number of aromatic amines is 1. The molecular weight excluding hydrogens is 280 g/mol. The zero-order valence-electron chi connectivity index (χ0n) is 12.6. The third-order valence-electron chi connectivity index (χ3n) is 3.81. The molecule has 0 spiro atoms. The van der Waals surface area contributed by atoms with Gasteiger partial charge in [0.2, 0.25) is 5.91 Å². The molecule has 0 aliphatic rings. The predicted octanol–water partition coefficient (Wildman–Crippen LogP) is 3.13. The van der Waals surface area contributed by atoms with E-state index in [9.17, 15) is 9.59 Å². The van der Waals surface area contributed by atoms with Gasteiger partial charge in [0.15, 0.2) is 0 Å². The summed E-state index contributed by atoms with van der Waals surface area (Å²) >= 11 is 0. The standard InChI is InChI=1S/C17H22N2O3/c20-14(7-1-4-11-17(21)19-22)8-5-6-13-12-18-16-10-3-2-9-15(13)16/h2-3,9-10,12,18,22H,1,4-8,11H2,(H,19,21). The van der Waals surface area contributed by atoms with Gasteiger partial charge in [-0.15, -0.1) is 0 Å². The van der Waals surface area contributed by atoms with E-state index in [4.69, 9.17) is 5.21 Å². The first-order chi connectivity index (χ1) is 10.7. The fraction of sp³-hybridized carbons (Fsp3) is 0.412. The number of fused-ring (bicyclic) bond motifs is 1. The van der Waals surface area contributed by atoms with Gasteiger partial charge in [0.25, 0.3) is 0 Å². The van der Waals surface area contributed by atoms with Gasteiger partial charge in [-0.2, -0.15) is 0 Å². The van der Waals surface area contributed by atoms with E-state index in [0.29, 0.717) is 25.7 Å². The molecule has 1 amide bonds. The number of benzene rings is 1. The maximum absolute atomic E-state index is 11.8. The largest absolute Gasteiger partial charge is 0.361 e. The topological polar surface area (TPSA) is 82.2 Å². The Morgan fingerprint density at radius 3 is 2.59 bits per heavy atom. The molecule has 2 rings (SSSR count). The van der Waals surface area contributed by atoms with Crippen molar-refractivity contribution in [2.45, 2.75) is 44.9 Å². The molecule has 2 aromatic rings. The van der Waals surface area contributed by atoms with Gasteiger partial charge in [-0.3, -0.25) is 14.8 Å². The number of amides is 1. The monoisotopic (exact) mass is 302 g/mol. The van der Waals surface area contributed by atoms with Crippen LogP contribution in [0.2, 0.25) is 0 Å². The minimum atomic E-state index is -0.396. The van der Waals surface area contributed by atoms with E-state index in [-0.39, 0.29) is 12.2 Å². The first kappa shape index (κ1) is 16.2. The highest BCUT2D eigenvalue weighted by Gasteiger charge is 2.06. The second-order valence-electron chi connectivity index (χ2n) is 5.49. The van der Waals surface area contributed by atoms with Gasteiger partial charge in [0.1, 0.15) is 5.78 Å². The second kappa shape index (κ2) is 8.34. The van der Waals surface area contributed by atoms with Crippen LogP contribution in [0, 0.1) is 0 Å². The number of aromatic nitrogens is 1. The first-order valence-electron chi connectivity index (χ1n) is 7.70. The van der Waals surface area contributed by atoms with Crippen LogP contribution in [0.5, 0.6) is 0 Å². The van der Waals surface area contributed by atoms with Crippen LogP contribution in [0.4, 0.5) is 0 Å². The van der Waals surface area contributed by atoms with Crippen molar-refractivity contribution in [3.63, 3.8) is 0 Å². The molecule has 5 heteroatoms. The van der Waals surface area contributed by atoms with Crippen molar-refractivity contribution < 1.29 is 14.8 Å². The Labute approximate surface area is 129 Å². The van der Waals surface area contributed by atoms with E-state index >= 15 is 0 Å². The molecule has 0 aliphatic carbocycles. The van der Waals surface area contributed by atoms with Gasteiger partial charge in [-0.1, -0.05) is 18.2 Å². The van der Waals surface area contributed by atoms with Crippen molar-refractivity contribution in [3.8, 4) is 0 Å². The Morgan fingerprint density at radius 1 is 1.05 bits per heavy atom. The minimum Gasteiger partial charge on any atom is -0.361 e. The molecule has 3 N–H and O–H groups in total. The second-order valence-corrected chi connectivity index (χ2v) is 5.49. The lowest BCUT2D eigenvalue weighted by Crippen LogP contribution is -2.17. The number of aryl methyl sites for hydroxylation is 1. The van der Waals surface area contributed by atoms with Crippen LogP contribution in [0.15, 0.2) is 30.5 Å². The average Bonchev–Trinajstić information content (AvgIpc) is 2.95. The summed E-state index contributed by atoms with van der Waals surface area (Å²) in [5.41, 5.74) is 3.97. The van der Waals surface area contributed by atoms with Crippen LogP contribution < -0.4 is 5.48 Å². The van der Waals surface area contributed by atoms with Crippen molar-refractivity contribution in [2.75, 3.05) is 0 Å². The number of hydrogen-bond donors (Lipinski definition) is 3. The lowest BCUT2D eigenvalue weighted by Gasteiger charge is -2.02.